The quantitative estimate of drug-likeness (QED) is 0.639. The van der Waals surface area contributed by atoms with Gasteiger partial charge in [0.15, 0.2) is 6.10 Å². The molecule has 144 valence electrons. The molecule has 3 rings (SSSR count). The first kappa shape index (κ1) is 19.4. The van der Waals surface area contributed by atoms with Gasteiger partial charge in [-0.3, -0.25) is 4.79 Å². The van der Waals surface area contributed by atoms with Gasteiger partial charge in [-0.2, -0.15) is 0 Å². The minimum atomic E-state index is -1.01. The maximum atomic E-state index is 13.0. The highest BCUT2D eigenvalue weighted by molar-refractivity contribution is 5.97. The second-order valence-electron chi connectivity index (χ2n) is 6.53. The third-order valence-electron chi connectivity index (χ3n) is 4.24. The first-order chi connectivity index (χ1) is 13.3. The summed E-state index contributed by atoms with van der Waals surface area (Å²) < 4.78 is 23.7. The van der Waals surface area contributed by atoms with E-state index in [2.05, 4.69) is 5.32 Å². The third kappa shape index (κ3) is 4.46. The number of ether oxygens (including phenoxy) is 1. The van der Waals surface area contributed by atoms with Crippen LogP contribution in [0.3, 0.4) is 0 Å². The molecule has 0 unspecified atom stereocenters. The first-order valence-electron chi connectivity index (χ1n) is 8.78. The maximum absolute atomic E-state index is 13.0. The number of amides is 1. The molecule has 5 nitrogen and oxygen atoms in total. The van der Waals surface area contributed by atoms with Gasteiger partial charge in [0.25, 0.3) is 5.91 Å². The lowest BCUT2D eigenvalue weighted by Crippen LogP contribution is -2.30. The predicted molar refractivity (Wildman–Crippen MR) is 104 cm³/mol. The number of carbonyl (C=O) groups is 2. The fourth-order valence-corrected chi connectivity index (χ4v) is 2.59. The van der Waals surface area contributed by atoms with Gasteiger partial charge >= 0.3 is 5.97 Å². The smallest absolute Gasteiger partial charge is 0.375 e. The van der Waals surface area contributed by atoms with Crippen molar-refractivity contribution in [2.24, 2.45) is 0 Å². The highest BCUT2D eigenvalue weighted by Crippen LogP contribution is 2.23. The third-order valence-corrected chi connectivity index (χ3v) is 4.24. The Labute approximate surface area is 162 Å². The molecule has 1 heterocycles. The molecule has 6 heteroatoms. The zero-order valence-electron chi connectivity index (χ0n) is 15.8. The average Bonchev–Trinajstić information content (AvgIpc) is 3.15. The average molecular weight is 381 g/mol. The number of anilines is 1. The second-order valence-corrected chi connectivity index (χ2v) is 6.53. The number of aryl methyl sites for hydroxylation is 2. The van der Waals surface area contributed by atoms with E-state index in [0.29, 0.717) is 17.0 Å². The summed E-state index contributed by atoms with van der Waals surface area (Å²) in [4.78, 5) is 24.6. The Balaban J connectivity index is 1.64. The normalized spacial score (nSPS) is 11.7. The van der Waals surface area contributed by atoms with Crippen LogP contribution in [-0.4, -0.2) is 18.0 Å². The highest BCUT2D eigenvalue weighted by Gasteiger charge is 2.22. The predicted octanol–water partition coefficient (Wildman–Crippen LogP) is 4.89. The molecule has 2 aromatic carbocycles. The molecule has 0 fully saturated rings. The summed E-state index contributed by atoms with van der Waals surface area (Å²) in [5.41, 5.74) is 3.22. The molecule has 1 N–H and O–H groups in total. The van der Waals surface area contributed by atoms with Crippen LogP contribution in [0.15, 0.2) is 59.0 Å². The molecule has 3 aromatic rings. The summed E-state index contributed by atoms with van der Waals surface area (Å²) in [6.07, 6.45) is -1.01. The minimum absolute atomic E-state index is 0.0364. The zero-order valence-corrected chi connectivity index (χ0v) is 15.8. The molecule has 0 spiro atoms. The lowest BCUT2D eigenvalue weighted by Gasteiger charge is -2.14. The number of esters is 1. The van der Waals surface area contributed by atoms with E-state index in [4.69, 9.17) is 9.15 Å². The van der Waals surface area contributed by atoms with Crippen molar-refractivity contribution in [3.8, 4) is 11.3 Å². The molecule has 0 saturated heterocycles. The molecule has 0 radical (unpaired) electrons. The van der Waals surface area contributed by atoms with Crippen LogP contribution in [0.4, 0.5) is 10.1 Å². The molecule has 1 amide bonds. The van der Waals surface area contributed by atoms with E-state index in [1.165, 1.54) is 25.1 Å². The SMILES string of the molecule is Cc1ccc(C)c(NC(=O)[C@H](C)OC(=O)c2ccc(-c3ccc(F)cc3)o2)c1. The Morgan fingerprint density at radius 3 is 2.46 bits per heavy atom. The monoisotopic (exact) mass is 381 g/mol. The molecular weight excluding hydrogens is 361 g/mol. The van der Waals surface area contributed by atoms with E-state index in [-0.39, 0.29) is 11.6 Å². The molecule has 0 bridgehead atoms. The molecule has 1 atom stereocenters. The first-order valence-corrected chi connectivity index (χ1v) is 8.78. The Morgan fingerprint density at radius 2 is 1.75 bits per heavy atom. The summed E-state index contributed by atoms with van der Waals surface area (Å²) >= 11 is 0. The highest BCUT2D eigenvalue weighted by atomic mass is 19.1. The fourth-order valence-electron chi connectivity index (χ4n) is 2.59. The minimum Gasteiger partial charge on any atom is -0.449 e. The van der Waals surface area contributed by atoms with Crippen molar-refractivity contribution in [3.05, 3.63) is 77.3 Å². The summed E-state index contributed by atoms with van der Waals surface area (Å²) in [7, 11) is 0. The van der Waals surface area contributed by atoms with E-state index in [1.807, 2.05) is 32.0 Å². The van der Waals surface area contributed by atoms with Gasteiger partial charge in [-0.05, 0) is 74.4 Å². The molecule has 28 heavy (non-hydrogen) atoms. The van der Waals surface area contributed by atoms with Crippen molar-refractivity contribution in [1.29, 1.82) is 0 Å². The van der Waals surface area contributed by atoms with Crippen molar-refractivity contribution in [2.45, 2.75) is 26.9 Å². The number of nitrogens with one attached hydrogen (secondary N) is 1. The maximum Gasteiger partial charge on any atom is 0.375 e. The van der Waals surface area contributed by atoms with E-state index in [9.17, 15) is 14.0 Å². The number of hydrogen-bond acceptors (Lipinski definition) is 4. The van der Waals surface area contributed by atoms with E-state index in [1.54, 1.807) is 18.2 Å². The van der Waals surface area contributed by atoms with Crippen LogP contribution in [0, 0.1) is 19.7 Å². The van der Waals surface area contributed by atoms with Crippen LogP contribution < -0.4 is 5.32 Å². The molecule has 0 saturated carbocycles. The summed E-state index contributed by atoms with van der Waals surface area (Å²) in [5.74, 6) is -1.19. The number of benzene rings is 2. The molecule has 0 aliphatic heterocycles. The lowest BCUT2D eigenvalue weighted by molar-refractivity contribution is -0.123. The van der Waals surface area contributed by atoms with Gasteiger partial charge in [-0.25, -0.2) is 9.18 Å². The Hall–Kier alpha value is -3.41. The van der Waals surface area contributed by atoms with E-state index < -0.39 is 18.0 Å². The topological polar surface area (TPSA) is 68.5 Å². The van der Waals surface area contributed by atoms with Crippen molar-refractivity contribution in [3.63, 3.8) is 0 Å². The van der Waals surface area contributed by atoms with Crippen LogP contribution in [0.2, 0.25) is 0 Å². The number of rotatable bonds is 5. The summed E-state index contributed by atoms with van der Waals surface area (Å²) in [6, 6.07) is 14.4. The van der Waals surface area contributed by atoms with Crippen LogP contribution in [0.25, 0.3) is 11.3 Å². The van der Waals surface area contributed by atoms with Crippen molar-refractivity contribution in [2.75, 3.05) is 5.32 Å². The van der Waals surface area contributed by atoms with Crippen LogP contribution in [0.1, 0.15) is 28.6 Å². The number of furan rings is 1. The summed E-state index contributed by atoms with van der Waals surface area (Å²) in [6.45, 7) is 5.29. The van der Waals surface area contributed by atoms with Crippen molar-refractivity contribution >= 4 is 17.6 Å². The van der Waals surface area contributed by atoms with Gasteiger partial charge in [0, 0.05) is 11.3 Å². The molecule has 0 aliphatic rings. The number of carbonyl (C=O) groups excluding carboxylic acids is 2. The van der Waals surface area contributed by atoms with Gasteiger partial charge in [-0.15, -0.1) is 0 Å². The lowest BCUT2D eigenvalue weighted by atomic mass is 10.1. The molecule has 1 aromatic heterocycles. The van der Waals surface area contributed by atoms with E-state index in [0.717, 1.165) is 11.1 Å². The van der Waals surface area contributed by atoms with Crippen molar-refractivity contribution < 1.29 is 23.1 Å². The Bertz CT molecular complexity index is 1010. The number of halogens is 1. The molecular formula is C22H20FNO4. The Morgan fingerprint density at radius 1 is 1.04 bits per heavy atom. The summed E-state index contributed by atoms with van der Waals surface area (Å²) in [5, 5.41) is 2.76. The van der Waals surface area contributed by atoms with Gasteiger partial charge in [0.1, 0.15) is 11.6 Å². The second kappa shape index (κ2) is 8.08. The number of hydrogen-bond donors (Lipinski definition) is 1. The molecule has 0 aliphatic carbocycles. The van der Waals surface area contributed by atoms with E-state index >= 15 is 0 Å². The van der Waals surface area contributed by atoms with Gasteiger partial charge in [0.05, 0.1) is 0 Å². The van der Waals surface area contributed by atoms with Crippen LogP contribution >= 0.6 is 0 Å². The van der Waals surface area contributed by atoms with Crippen LogP contribution in [-0.2, 0) is 9.53 Å². The standard InChI is InChI=1S/C22H20FNO4/c1-13-4-5-14(2)18(12-13)24-21(25)15(3)27-22(26)20-11-10-19(28-20)16-6-8-17(23)9-7-16/h4-12,15H,1-3H3,(H,24,25)/t15-/m0/s1. The zero-order chi connectivity index (χ0) is 20.3. The van der Waals surface area contributed by atoms with Crippen molar-refractivity contribution in [1.82, 2.24) is 0 Å². The van der Waals surface area contributed by atoms with Gasteiger partial charge < -0.3 is 14.5 Å². The van der Waals surface area contributed by atoms with Gasteiger partial charge in [0.2, 0.25) is 5.76 Å². The van der Waals surface area contributed by atoms with Gasteiger partial charge in [-0.1, -0.05) is 12.1 Å². The van der Waals surface area contributed by atoms with Crippen LogP contribution in [0.5, 0.6) is 0 Å². The Kier molecular flexibility index (Phi) is 5.59. The fraction of sp³-hybridized carbons (Fsp3) is 0.182. The largest absolute Gasteiger partial charge is 0.449 e.